The molecule has 25 heavy (non-hydrogen) atoms. The van der Waals surface area contributed by atoms with Gasteiger partial charge in [0.05, 0.1) is 18.3 Å². The Morgan fingerprint density at radius 3 is 2.48 bits per heavy atom. The molecule has 2 aromatic carbocycles. The van der Waals surface area contributed by atoms with Crippen LogP contribution in [0, 0.1) is 5.82 Å². The van der Waals surface area contributed by atoms with Crippen LogP contribution in [0.4, 0.5) is 4.39 Å². The summed E-state index contributed by atoms with van der Waals surface area (Å²) in [6, 6.07) is 13.9. The number of hydrazine groups is 1. The smallest absolute Gasteiger partial charge is 0.123 e. The van der Waals surface area contributed by atoms with Crippen LogP contribution in [-0.2, 0) is 6.54 Å². The molecule has 0 spiro atoms. The van der Waals surface area contributed by atoms with E-state index in [-0.39, 0.29) is 11.9 Å². The fourth-order valence-corrected chi connectivity index (χ4v) is 2.82. The number of hydrogen-bond acceptors (Lipinski definition) is 6. The van der Waals surface area contributed by atoms with Crippen molar-refractivity contribution in [1.82, 2.24) is 9.73 Å². The molecule has 0 aliphatic heterocycles. The maximum atomic E-state index is 12.9. The third-order valence-corrected chi connectivity index (χ3v) is 4.16. The number of aliphatic hydroxyl groups is 1. The monoisotopic (exact) mass is 362 g/mol. The number of halogens is 1. The maximum absolute atomic E-state index is 12.9. The average Bonchev–Trinajstić information content (AvgIpc) is 2.57. The minimum absolute atomic E-state index is 0.275. The molecule has 1 unspecified atom stereocenters. The molecule has 2 rings (SSSR count). The van der Waals surface area contributed by atoms with Crippen molar-refractivity contribution in [3.05, 3.63) is 71.7 Å². The summed E-state index contributed by atoms with van der Waals surface area (Å²) in [6.07, 6.45) is 1.26. The number of rotatable bonds is 8. The molecule has 0 radical (unpaired) electrons. The van der Waals surface area contributed by atoms with Crippen LogP contribution in [0.15, 0.2) is 59.6 Å². The summed E-state index contributed by atoms with van der Waals surface area (Å²) in [6.45, 7) is 2.67. The van der Waals surface area contributed by atoms with E-state index in [0.717, 1.165) is 16.0 Å². The minimum Gasteiger partial charge on any atom is -0.397 e. The largest absolute Gasteiger partial charge is 0.397 e. The number of hydrogen-bond donors (Lipinski definition) is 4. The fraction of sp³-hybridized carbons (Fsp3) is 0.222. The SMILES string of the molecule is CC(O)CNSc1ccc(/C(N)=C/N(N)Cc2ccc(F)cc2)cc1. The van der Waals surface area contributed by atoms with E-state index in [1.807, 2.05) is 24.3 Å². The predicted octanol–water partition coefficient (Wildman–Crippen LogP) is 2.44. The first-order valence-electron chi connectivity index (χ1n) is 7.85. The summed E-state index contributed by atoms with van der Waals surface area (Å²) in [5.74, 6) is 5.68. The zero-order valence-electron chi connectivity index (χ0n) is 14.0. The van der Waals surface area contributed by atoms with Gasteiger partial charge in [-0.2, -0.15) is 0 Å². The minimum atomic E-state index is -0.387. The van der Waals surface area contributed by atoms with Crippen molar-refractivity contribution >= 4 is 17.6 Å². The Morgan fingerprint density at radius 2 is 1.88 bits per heavy atom. The summed E-state index contributed by atoms with van der Waals surface area (Å²) >= 11 is 1.45. The Kier molecular flexibility index (Phi) is 7.27. The number of nitrogens with two attached hydrogens (primary N) is 2. The molecule has 0 fully saturated rings. The van der Waals surface area contributed by atoms with Gasteiger partial charge in [-0.15, -0.1) is 0 Å². The average molecular weight is 362 g/mol. The maximum Gasteiger partial charge on any atom is 0.123 e. The van der Waals surface area contributed by atoms with Gasteiger partial charge in [0.2, 0.25) is 0 Å². The van der Waals surface area contributed by atoms with Gasteiger partial charge in [0.25, 0.3) is 0 Å². The molecule has 6 N–H and O–H groups in total. The van der Waals surface area contributed by atoms with Crippen molar-refractivity contribution in [1.29, 1.82) is 0 Å². The van der Waals surface area contributed by atoms with E-state index in [4.69, 9.17) is 11.6 Å². The summed E-state index contributed by atoms with van der Waals surface area (Å²) in [5.41, 5.74) is 8.38. The molecular formula is C18H23FN4OS. The summed E-state index contributed by atoms with van der Waals surface area (Å²) in [4.78, 5) is 1.02. The Labute approximate surface area is 151 Å². The Morgan fingerprint density at radius 1 is 1.24 bits per heavy atom. The second-order valence-electron chi connectivity index (χ2n) is 5.71. The van der Waals surface area contributed by atoms with Gasteiger partial charge in [0.1, 0.15) is 5.82 Å². The van der Waals surface area contributed by atoms with E-state index in [9.17, 15) is 9.50 Å². The van der Waals surface area contributed by atoms with E-state index in [0.29, 0.717) is 18.8 Å². The summed E-state index contributed by atoms with van der Waals surface area (Å²) in [7, 11) is 0. The molecule has 0 aliphatic rings. The van der Waals surface area contributed by atoms with Crippen molar-refractivity contribution in [2.24, 2.45) is 11.6 Å². The summed E-state index contributed by atoms with van der Waals surface area (Å²) in [5, 5.41) is 10.7. The van der Waals surface area contributed by atoms with E-state index in [1.165, 1.54) is 29.1 Å². The summed E-state index contributed by atoms with van der Waals surface area (Å²) < 4.78 is 16.0. The fourth-order valence-electron chi connectivity index (χ4n) is 2.06. The molecule has 0 aliphatic carbocycles. The van der Waals surface area contributed by atoms with Crippen molar-refractivity contribution in [2.45, 2.75) is 24.5 Å². The van der Waals surface area contributed by atoms with E-state index < -0.39 is 0 Å². The number of benzene rings is 2. The lowest BCUT2D eigenvalue weighted by Crippen LogP contribution is -2.25. The van der Waals surface area contributed by atoms with Crippen LogP contribution in [0.5, 0.6) is 0 Å². The zero-order valence-corrected chi connectivity index (χ0v) is 14.8. The predicted molar refractivity (Wildman–Crippen MR) is 100 cm³/mol. The number of aliphatic hydroxyl groups excluding tert-OH is 1. The first-order valence-corrected chi connectivity index (χ1v) is 8.67. The van der Waals surface area contributed by atoms with Crippen LogP contribution in [0.2, 0.25) is 0 Å². The van der Waals surface area contributed by atoms with Gasteiger partial charge in [-0.05, 0) is 54.3 Å². The highest BCUT2D eigenvalue weighted by atomic mass is 32.2. The number of nitrogens with one attached hydrogen (secondary N) is 1. The first-order chi connectivity index (χ1) is 11.9. The van der Waals surface area contributed by atoms with Crippen LogP contribution in [0.3, 0.4) is 0 Å². The quantitative estimate of drug-likeness (QED) is 0.328. The van der Waals surface area contributed by atoms with Crippen LogP contribution in [0.1, 0.15) is 18.1 Å². The molecular weight excluding hydrogens is 339 g/mol. The van der Waals surface area contributed by atoms with E-state index >= 15 is 0 Å². The van der Waals surface area contributed by atoms with Crippen molar-refractivity contribution in [2.75, 3.05) is 6.54 Å². The lowest BCUT2D eigenvalue weighted by atomic mass is 10.2. The van der Waals surface area contributed by atoms with Crippen molar-refractivity contribution in [3.63, 3.8) is 0 Å². The van der Waals surface area contributed by atoms with Crippen LogP contribution in [-0.4, -0.2) is 22.8 Å². The number of nitrogens with zero attached hydrogens (tertiary/aromatic N) is 1. The Balaban J connectivity index is 1.92. The molecule has 0 amide bonds. The molecule has 0 saturated heterocycles. The first kappa shape index (κ1) is 19.3. The van der Waals surface area contributed by atoms with Crippen molar-refractivity contribution in [3.8, 4) is 0 Å². The molecule has 0 bridgehead atoms. The molecule has 5 nitrogen and oxygen atoms in total. The topological polar surface area (TPSA) is 87.5 Å². The molecule has 0 aromatic heterocycles. The molecule has 0 heterocycles. The molecule has 134 valence electrons. The third-order valence-electron chi connectivity index (χ3n) is 3.34. The van der Waals surface area contributed by atoms with Gasteiger partial charge in [-0.1, -0.05) is 24.3 Å². The van der Waals surface area contributed by atoms with Crippen LogP contribution in [0.25, 0.3) is 5.70 Å². The second-order valence-corrected chi connectivity index (χ2v) is 6.67. The van der Waals surface area contributed by atoms with Gasteiger partial charge >= 0.3 is 0 Å². The van der Waals surface area contributed by atoms with E-state index in [1.54, 1.807) is 25.3 Å². The highest BCUT2D eigenvalue weighted by Crippen LogP contribution is 2.18. The second kappa shape index (κ2) is 9.43. The van der Waals surface area contributed by atoms with Gasteiger partial charge in [-0.3, -0.25) is 4.72 Å². The van der Waals surface area contributed by atoms with Gasteiger partial charge in [0.15, 0.2) is 0 Å². The lowest BCUT2D eigenvalue weighted by molar-refractivity contribution is 0.200. The molecule has 1 atom stereocenters. The van der Waals surface area contributed by atoms with Gasteiger partial charge in [-0.25, -0.2) is 10.2 Å². The van der Waals surface area contributed by atoms with Crippen LogP contribution >= 0.6 is 11.9 Å². The normalized spacial score (nSPS) is 12.9. The van der Waals surface area contributed by atoms with Crippen LogP contribution < -0.4 is 16.3 Å². The third kappa shape index (κ3) is 6.75. The van der Waals surface area contributed by atoms with E-state index in [2.05, 4.69) is 4.72 Å². The van der Waals surface area contributed by atoms with Crippen molar-refractivity contribution < 1.29 is 9.50 Å². The Hall–Kier alpha value is -2.06. The highest BCUT2D eigenvalue weighted by molar-refractivity contribution is 7.97. The Bertz CT molecular complexity index is 689. The standard InChI is InChI=1S/C18H23FN4OS/c1-13(24)10-22-25-17-8-4-15(5-9-17)18(20)12-23(21)11-14-2-6-16(19)7-3-14/h2-9,12-13,22,24H,10-11,20-21H2,1H3/b18-12-. The molecule has 0 saturated carbocycles. The molecule has 2 aromatic rings. The van der Waals surface area contributed by atoms with Gasteiger partial charge < -0.3 is 15.8 Å². The van der Waals surface area contributed by atoms with Gasteiger partial charge in [0, 0.05) is 17.6 Å². The highest BCUT2D eigenvalue weighted by Gasteiger charge is 2.03. The zero-order chi connectivity index (χ0) is 18.2. The lowest BCUT2D eigenvalue weighted by Gasteiger charge is -2.15. The molecule has 7 heteroatoms.